The van der Waals surface area contributed by atoms with Crippen molar-refractivity contribution < 1.29 is 9.53 Å². The first-order chi connectivity index (χ1) is 13.5. The largest absolute Gasteiger partial charge is 0.453 e. The van der Waals surface area contributed by atoms with E-state index in [0.29, 0.717) is 10.8 Å². The van der Waals surface area contributed by atoms with Crippen molar-refractivity contribution in [2.24, 2.45) is 0 Å². The van der Waals surface area contributed by atoms with Crippen LogP contribution < -0.4 is 10.6 Å². The average molecular weight is 464 g/mol. The minimum atomic E-state index is -0.505. The number of hydrogen-bond donors (Lipinski definition) is 3. The summed E-state index contributed by atoms with van der Waals surface area (Å²) < 4.78 is 5.64. The molecule has 148 valence electrons. The molecule has 0 atom stereocenters. The fourth-order valence-electron chi connectivity index (χ4n) is 2.66. The molecule has 0 aliphatic rings. The third kappa shape index (κ3) is 4.59. The number of hydrogen-bond acceptors (Lipinski definition) is 6. The first-order valence-electron chi connectivity index (χ1n) is 9.00. The minimum absolute atomic E-state index is 0.505. The number of ether oxygens (including phenoxy) is 1. The lowest BCUT2D eigenvalue weighted by molar-refractivity contribution is 0.187. The van der Waals surface area contributed by atoms with Gasteiger partial charge in [-0.25, -0.2) is 14.8 Å². The smallest absolute Gasteiger partial charge is 0.411 e. The summed E-state index contributed by atoms with van der Waals surface area (Å²) in [4.78, 5) is 25.1. The van der Waals surface area contributed by atoms with Crippen molar-refractivity contribution in [3.63, 3.8) is 0 Å². The van der Waals surface area contributed by atoms with E-state index in [1.54, 1.807) is 6.07 Å². The molecule has 0 unspecified atom stereocenters. The van der Waals surface area contributed by atoms with Crippen LogP contribution in [-0.4, -0.2) is 34.7 Å². The Morgan fingerprint density at radius 2 is 2.14 bits per heavy atom. The van der Waals surface area contributed by atoms with Crippen LogP contribution in [0.3, 0.4) is 0 Å². The Labute approximate surface area is 176 Å². The maximum Gasteiger partial charge on any atom is 0.411 e. The molecule has 0 bridgehead atoms. The van der Waals surface area contributed by atoms with Gasteiger partial charge in [-0.05, 0) is 58.7 Å². The van der Waals surface area contributed by atoms with E-state index in [0.717, 1.165) is 51.3 Å². The number of aryl methyl sites for hydroxylation is 1. The van der Waals surface area contributed by atoms with Crippen LogP contribution in [0.5, 0.6) is 0 Å². The second-order valence-corrected chi connectivity index (χ2v) is 7.86. The highest BCUT2D eigenvalue weighted by Gasteiger charge is 2.16. The van der Waals surface area contributed by atoms with E-state index in [1.807, 2.05) is 18.2 Å². The van der Waals surface area contributed by atoms with Crippen molar-refractivity contribution in [2.75, 3.05) is 24.3 Å². The quantitative estimate of drug-likeness (QED) is 0.404. The van der Waals surface area contributed by atoms with Crippen LogP contribution in [0, 0.1) is 0 Å². The first kappa shape index (κ1) is 20.5. The van der Waals surface area contributed by atoms with Gasteiger partial charge in [0.2, 0.25) is 0 Å². The van der Waals surface area contributed by atoms with E-state index < -0.39 is 6.09 Å². The van der Waals surface area contributed by atoms with E-state index in [2.05, 4.69) is 55.1 Å². The molecular weight excluding hydrogens is 442 g/mol. The zero-order valence-electron chi connectivity index (χ0n) is 15.9. The molecular formula is C19H22BrN5O2S. The zero-order chi connectivity index (χ0) is 20.1. The molecule has 0 radical (unpaired) electrons. The van der Waals surface area contributed by atoms with Gasteiger partial charge in [0, 0.05) is 22.8 Å². The molecule has 1 amide bonds. The molecule has 0 spiro atoms. The highest BCUT2D eigenvalue weighted by atomic mass is 79.9. The van der Waals surface area contributed by atoms with Crippen molar-refractivity contribution in [1.82, 2.24) is 15.0 Å². The van der Waals surface area contributed by atoms with Crippen molar-refractivity contribution in [3.8, 4) is 0 Å². The van der Waals surface area contributed by atoms with E-state index in [-0.39, 0.29) is 0 Å². The van der Waals surface area contributed by atoms with Gasteiger partial charge in [0.1, 0.15) is 11.5 Å². The van der Waals surface area contributed by atoms with Gasteiger partial charge in [0.25, 0.3) is 0 Å². The number of fused-ring (bicyclic) bond motifs is 1. The molecule has 3 N–H and O–H groups in total. The number of nitrogens with zero attached hydrogens (tertiary/aromatic N) is 2. The average Bonchev–Trinajstić information content (AvgIpc) is 3.02. The van der Waals surface area contributed by atoms with Gasteiger partial charge < -0.3 is 15.0 Å². The standard InChI is InChI=1S/C19H22BrN5O2S/c1-4-9-21-16-14-15(20)13(5-2)23-17(14)25-18(24-16)28-12-8-6-7-11(10-12)22-19(26)27-3/h6-8,10H,4-5,9H2,1-3H3,(H,22,26)(H2,21,23,24,25). The number of nitrogens with one attached hydrogen (secondary N) is 3. The molecule has 3 aromatic rings. The van der Waals surface area contributed by atoms with E-state index in [4.69, 9.17) is 4.98 Å². The lowest BCUT2D eigenvalue weighted by Gasteiger charge is -2.09. The Morgan fingerprint density at radius 1 is 1.32 bits per heavy atom. The molecule has 2 heterocycles. The van der Waals surface area contributed by atoms with E-state index in [9.17, 15) is 4.79 Å². The summed E-state index contributed by atoms with van der Waals surface area (Å²) in [5.41, 5.74) is 2.54. The van der Waals surface area contributed by atoms with Crippen molar-refractivity contribution in [2.45, 2.75) is 36.7 Å². The maximum atomic E-state index is 11.4. The molecule has 28 heavy (non-hydrogen) atoms. The minimum Gasteiger partial charge on any atom is -0.453 e. The highest BCUT2D eigenvalue weighted by Crippen LogP contribution is 2.35. The van der Waals surface area contributed by atoms with Gasteiger partial charge in [-0.2, -0.15) is 0 Å². The van der Waals surface area contributed by atoms with Crippen LogP contribution in [-0.2, 0) is 11.2 Å². The predicted octanol–water partition coefficient (Wildman–Crippen LogP) is 5.43. The molecule has 0 saturated heterocycles. The fraction of sp³-hybridized carbons (Fsp3) is 0.316. The second-order valence-electron chi connectivity index (χ2n) is 6.02. The normalized spacial score (nSPS) is 10.9. The second kappa shape index (κ2) is 9.29. The van der Waals surface area contributed by atoms with E-state index >= 15 is 0 Å². The number of rotatable bonds is 7. The molecule has 3 rings (SSSR count). The fourth-order valence-corrected chi connectivity index (χ4v) is 4.23. The van der Waals surface area contributed by atoms with Gasteiger partial charge in [-0.15, -0.1) is 0 Å². The number of halogens is 1. The SMILES string of the molecule is CCCNc1nc(Sc2cccc(NC(=O)OC)c2)nc2[nH]c(CC)c(Br)c12. The Bertz CT molecular complexity index is 992. The lowest BCUT2D eigenvalue weighted by Crippen LogP contribution is -2.10. The number of methoxy groups -OCH3 is 1. The summed E-state index contributed by atoms with van der Waals surface area (Å²) in [5.74, 6) is 0.806. The maximum absolute atomic E-state index is 11.4. The van der Waals surface area contributed by atoms with Crippen LogP contribution >= 0.6 is 27.7 Å². The summed E-state index contributed by atoms with van der Waals surface area (Å²) >= 11 is 5.11. The van der Waals surface area contributed by atoms with Gasteiger partial charge >= 0.3 is 6.09 Å². The Hall–Kier alpha value is -2.26. The van der Waals surface area contributed by atoms with Crippen LogP contribution in [0.2, 0.25) is 0 Å². The van der Waals surface area contributed by atoms with Gasteiger partial charge in [-0.1, -0.05) is 19.9 Å². The Kier molecular flexibility index (Phi) is 6.79. The third-order valence-electron chi connectivity index (χ3n) is 4.01. The highest BCUT2D eigenvalue weighted by molar-refractivity contribution is 9.10. The lowest BCUT2D eigenvalue weighted by atomic mass is 10.3. The Balaban J connectivity index is 1.95. The number of benzene rings is 1. The molecule has 9 heteroatoms. The molecule has 0 fully saturated rings. The van der Waals surface area contributed by atoms with Gasteiger partial charge in [0.05, 0.1) is 17.0 Å². The van der Waals surface area contributed by atoms with Crippen LogP contribution in [0.1, 0.15) is 26.0 Å². The molecule has 0 aliphatic heterocycles. The van der Waals surface area contributed by atoms with Crippen molar-refractivity contribution in [3.05, 3.63) is 34.4 Å². The van der Waals surface area contributed by atoms with Crippen LogP contribution in [0.4, 0.5) is 16.3 Å². The van der Waals surface area contributed by atoms with Crippen molar-refractivity contribution >= 4 is 56.3 Å². The monoisotopic (exact) mass is 463 g/mol. The first-order valence-corrected chi connectivity index (χ1v) is 10.6. The Morgan fingerprint density at radius 3 is 2.86 bits per heavy atom. The summed E-state index contributed by atoms with van der Waals surface area (Å²) in [6.07, 6.45) is 1.36. The topological polar surface area (TPSA) is 91.9 Å². The zero-order valence-corrected chi connectivity index (χ0v) is 18.3. The van der Waals surface area contributed by atoms with Gasteiger partial charge in [0.15, 0.2) is 5.16 Å². The van der Waals surface area contributed by atoms with Crippen LogP contribution in [0.25, 0.3) is 11.0 Å². The van der Waals surface area contributed by atoms with Crippen LogP contribution in [0.15, 0.2) is 38.8 Å². The van der Waals surface area contributed by atoms with Gasteiger partial charge in [-0.3, -0.25) is 5.32 Å². The number of H-pyrrole nitrogens is 1. The molecule has 0 saturated carbocycles. The summed E-state index contributed by atoms with van der Waals surface area (Å²) in [6, 6.07) is 7.47. The predicted molar refractivity (Wildman–Crippen MR) is 116 cm³/mol. The number of aromatic amines is 1. The number of carbonyl (C=O) groups is 1. The third-order valence-corrected chi connectivity index (χ3v) is 5.74. The van der Waals surface area contributed by atoms with Crippen molar-refractivity contribution in [1.29, 1.82) is 0 Å². The summed E-state index contributed by atoms with van der Waals surface area (Å²) in [7, 11) is 1.33. The molecule has 7 nitrogen and oxygen atoms in total. The number of amides is 1. The number of carbonyl (C=O) groups excluding carboxylic acids is 1. The number of anilines is 2. The number of aromatic nitrogens is 3. The molecule has 1 aromatic carbocycles. The molecule has 0 aliphatic carbocycles. The van der Waals surface area contributed by atoms with E-state index in [1.165, 1.54) is 18.9 Å². The summed E-state index contributed by atoms with van der Waals surface area (Å²) in [5, 5.41) is 7.66. The molecule has 2 aromatic heterocycles. The summed E-state index contributed by atoms with van der Waals surface area (Å²) in [6.45, 7) is 5.04.